The van der Waals surface area contributed by atoms with Crippen molar-refractivity contribution in [3.63, 3.8) is 0 Å². The van der Waals surface area contributed by atoms with E-state index >= 15 is 0 Å². The maximum absolute atomic E-state index is 6.11. The second-order valence-corrected chi connectivity index (χ2v) is 7.89. The third kappa shape index (κ3) is 2.50. The van der Waals surface area contributed by atoms with E-state index in [1.54, 1.807) is 0 Å². The average molecular weight is 356 g/mol. The highest BCUT2D eigenvalue weighted by atomic mass is 79.9. The molecule has 1 saturated heterocycles. The molecular formula is C12H20Br2O2. The highest BCUT2D eigenvalue weighted by Crippen LogP contribution is 2.44. The summed E-state index contributed by atoms with van der Waals surface area (Å²) in [7, 11) is 0. The molecule has 2 unspecified atom stereocenters. The van der Waals surface area contributed by atoms with E-state index in [9.17, 15) is 0 Å². The van der Waals surface area contributed by atoms with Crippen LogP contribution in [-0.2, 0) is 9.47 Å². The molecule has 1 aliphatic heterocycles. The lowest BCUT2D eigenvalue weighted by atomic mass is 9.93. The van der Waals surface area contributed by atoms with Crippen LogP contribution < -0.4 is 0 Å². The number of rotatable bonds is 0. The Bertz CT molecular complexity index is 231. The van der Waals surface area contributed by atoms with Gasteiger partial charge in [0.15, 0.2) is 5.79 Å². The first-order valence-corrected chi connectivity index (χ1v) is 7.85. The summed E-state index contributed by atoms with van der Waals surface area (Å²) in [6.45, 7) is 5.92. The fraction of sp³-hybridized carbons (Fsp3) is 1.00. The summed E-state index contributed by atoms with van der Waals surface area (Å²) in [4.78, 5) is 0.589. The quantitative estimate of drug-likeness (QED) is 0.614. The summed E-state index contributed by atoms with van der Waals surface area (Å²) in [6, 6.07) is 0. The van der Waals surface area contributed by atoms with Crippen molar-refractivity contribution in [1.82, 2.24) is 0 Å². The second-order valence-electron chi connectivity index (χ2n) is 5.68. The molecule has 94 valence electrons. The Morgan fingerprint density at radius 3 is 1.81 bits per heavy atom. The predicted octanol–water partition coefficient (Wildman–Crippen LogP) is 3.86. The third-order valence-corrected chi connectivity index (χ3v) is 5.61. The molecule has 0 N–H and O–H groups in total. The van der Waals surface area contributed by atoms with E-state index in [1.165, 1.54) is 12.8 Å². The van der Waals surface area contributed by atoms with Crippen LogP contribution in [0.25, 0.3) is 0 Å². The van der Waals surface area contributed by atoms with Gasteiger partial charge in [-0.3, -0.25) is 0 Å². The Morgan fingerprint density at radius 1 is 0.938 bits per heavy atom. The summed E-state index contributed by atoms with van der Waals surface area (Å²) in [5.41, 5.74) is 0.136. The molecule has 2 aliphatic rings. The average Bonchev–Trinajstić information content (AvgIpc) is 2.36. The van der Waals surface area contributed by atoms with Gasteiger partial charge in [0.25, 0.3) is 0 Å². The van der Waals surface area contributed by atoms with Gasteiger partial charge < -0.3 is 9.47 Å². The highest BCUT2D eigenvalue weighted by Gasteiger charge is 2.50. The van der Waals surface area contributed by atoms with Crippen LogP contribution in [-0.4, -0.2) is 28.7 Å². The second kappa shape index (κ2) is 4.87. The molecule has 2 fully saturated rings. The van der Waals surface area contributed by atoms with Crippen LogP contribution in [0.3, 0.4) is 0 Å². The Hall–Kier alpha value is 0.880. The van der Waals surface area contributed by atoms with Crippen molar-refractivity contribution < 1.29 is 9.47 Å². The summed E-state index contributed by atoms with van der Waals surface area (Å²) in [5.74, 6) is -0.452. The molecule has 2 rings (SSSR count). The standard InChI is InChI=1S/C12H20Br2O2/c1-11(2)7-15-12(16-8-11)9(13)5-3-4-6-10(12)14/h9-10H,3-8H2,1-2H3. The van der Waals surface area contributed by atoms with Gasteiger partial charge in [-0.1, -0.05) is 58.5 Å². The molecule has 0 amide bonds. The molecule has 1 aliphatic carbocycles. The molecule has 4 heteroatoms. The van der Waals surface area contributed by atoms with Gasteiger partial charge in [0.1, 0.15) is 0 Å². The first-order chi connectivity index (χ1) is 7.46. The zero-order valence-corrected chi connectivity index (χ0v) is 13.1. The fourth-order valence-electron chi connectivity index (χ4n) is 2.31. The van der Waals surface area contributed by atoms with Gasteiger partial charge in [-0.15, -0.1) is 0 Å². The molecule has 0 radical (unpaired) electrons. The molecule has 2 nitrogen and oxygen atoms in total. The molecule has 16 heavy (non-hydrogen) atoms. The Morgan fingerprint density at radius 2 is 1.38 bits per heavy atom. The van der Waals surface area contributed by atoms with Gasteiger partial charge in [-0.25, -0.2) is 0 Å². The van der Waals surface area contributed by atoms with Crippen molar-refractivity contribution >= 4 is 31.9 Å². The van der Waals surface area contributed by atoms with Gasteiger partial charge in [0, 0.05) is 5.41 Å². The van der Waals surface area contributed by atoms with E-state index in [-0.39, 0.29) is 5.41 Å². The zero-order valence-electron chi connectivity index (χ0n) is 9.97. The third-order valence-electron chi connectivity index (χ3n) is 3.42. The predicted molar refractivity (Wildman–Crippen MR) is 72.3 cm³/mol. The van der Waals surface area contributed by atoms with Gasteiger partial charge >= 0.3 is 0 Å². The lowest BCUT2D eigenvalue weighted by Gasteiger charge is -2.47. The minimum atomic E-state index is -0.452. The van der Waals surface area contributed by atoms with Gasteiger partial charge in [-0.2, -0.15) is 0 Å². The van der Waals surface area contributed by atoms with Crippen LogP contribution in [0.4, 0.5) is 0 Å². The molecule has 2 atom stereocenters. The number of hydrogen-bond donors (Lipinski definition) is 0. The molecule has 0 aromatic heterocycles. The largest absolute Gasteiger partial charge is 0.347 e. The lowest BCUT2D eigenvalue weighted by Crippen LogP contribution is -2.57. The Labute approximate surface area is 115 Å². The van der Waals surface area contributed by atoms with Gasteiger partial charge in [0.2, 0.25) is 0 Å². The monoisotopic (exact) mass is 354 g/mol. The van der Waals surface area contributed by atoms with Crippen LogP contribution in [0.5, 0.6) is 0 Å². The first-order valence-electron chi connectivity index (χ1n) is 6.02. The van der Waals surface area contributed by atoms with Crippen LogP contribution in [0.2, 0.25) is 0 Å². The van der Waals surface area contributed by atoms with Crippen molar-refractivity contribution in [2.24, 2.45) is 5.41 Å². The summed E-state index contributed by atoms with van der Waals surface area (Å²) < 4.78 is 12.2. The minimum Gasteiger partial charge on any atom is -0.347 e. The number of hydrogen-bond acceptors (Lipinski definition) is 2. The Balaban J connectivity index is 2.15. The van der Waals surface area contributed by atoms with E-state index in [4.69, 9.17) is 9.47 Å². The number of halogens is 2. The lowest BCUT2D eigenvalue weighted by molar-refractivity contribution is -0.295. The van der Waals surface area contributed by atoms with Crippen molar-refractivity contribution in [3.8, 4) is 0 Å². The normalized spacial score (nSPS) is 38.2. The summed E-state index contributed by atoms with van der Waals surface area (Å²) in [5, 5.41) is 0. The van der Waals surface area contributed by atoms with Crippen LogP contribution >= 0.6 is 31.9 Å². The van der Waals surface area contributed by atoms with Crippen LogP contribution in [0.15, 0.2) is 0 Å². The molecule has 1 spiro atoms. The van der Waals surface area contributed by atoms with E-state index in [0.717, 1.165) is 26.1 Å². The maximum Gasteiger partial charge on any atom is 0.193 e. The van der Waals surface area contributed by atoms with Crippen LogP contribution in [0.1, 0.15) is 39.5 Å². The van der Waals surface area contributed by atoms with Crippen LogP contribution in [0, 0.1) is 5.41 Å². The van der Waals surface area contributed by atoms with E-state index in [0.29, 0.717) is 9.65 Å². The summed E-state index contributed by atoms with van der Waals surface area (Å²) in [6.07, 6.45) is 4.75. The van der Waals surface area contributed by atoms with Crippen molar-refractivity contribution in [3.05, 3.63) is 0 Å². The Kier molecular flexibility index (Phi) is 4.05. The van der Waals surface area contributed by atoms with Gasteiger partial charge in [0.05, 0.1) is 22.9 Å². The molecule has 0 aromatic rings. The first kappa shape index (κ1) is 13.3. The number of ether oxygens (including phenoxy) is 2. The van der Waals surface area contributed by atoms with E-state index < -0.39 is 5.79 Å². The maximum atomic E-state index is 6.11. The smallest absolute Gasteiger partial charge is 0.193 e. The van der Waals surface area contributed by atoms with E-state index in [2.05, 4.69) is 45.7 Å². The van der Waals surface area contributed by atoms with Crippen molar-refractivity contribution in [2.45, 2.75) is 55.0 Å². The SMILES string of the molecule is CC1(C)COC2(OC1)C(Br)CCCCC2Br. The molecule has 0 aromatic carbocycles. The topological polar surface area (TPSA) is 18.5 Å². The minimum absolute atomic E-state index is 0.136. The number of alkyl halides is 2. The molecule has 1 heterocycles. The van der Waals surface area contributed by atoms with Gasteiger partial charge in [-0.05, 0) is 12.8 Å². The van der Waals surface area contributed by atoms with Crippen molar-refractivity contribution in [1.29, 1.82) is 0 Å². The highest BCUT2D eigenvalue weighted by molar-refractivity contribution is 9.10. The fourth-order valence-corrected chi connectivity index (χ4v) is 4.48. The zero-order chi connectivity index (χ0) is 11.8. The van der Waals surface area contributed by atoms with Crippen molar-refractivity contribution in [2.75, 3.05) is 13.2 Å². The molecular weight excluding hydrogens is 336 g/mol. The summed E-state index contributed by atoms with van der Waals surface area (Å²) >= 11 is 7.51. The molecule has 0 bridgehead atoms. The molecule has 1 saturated carbocycles. The van der Waals surface area contributed by atoms with E-state index in [1.807, 2.05) is 0 Å².